The molecule has 2 aromatic carbocycles. The summed E-state index contributed by atoms with van der Waals surface area (Å²) in [6.45, 7) is 5.57. The lowest BCUT2D eigenvalue weighted by molar-refractivity contribution is 0.0635. The monoisotopic (exact) mass is 636 g/mol. The maximum Gasteiger partial charge on any atom is 0.413 e. The Morgan fingerprint density at radius 1 is 0.977 bits per heavy atom. The second-order valence-corrected chi connectivity index (χ2v) is 11.8. The highest BCUT2D eigenvalue weighted by Crippen LogP contribution is 2.37. The molecule has 11 nitrogen and oxygen atoms in total. The number of nitrogens with one attached hydrogen (secondary N) is 1. The molecular formula is C31H30Cl2N6O5. The van der Waals surface area contributed by atoms with Crippen molar-refractivity contribution in [3.63, 3.8) is 0 Å². The summed E-state index contributed by atoms with van der Waals surface area (Å²) in [5.74, 6) is 0.709. The van der Waals surface area contributed by atoms with Crippen LogP contribution < -0.4 is 21.3 Å². The summed E-state index contributed by atoms with van der Waals surface area (Å²) >= 11 is 13.1. The molecule has 0 atom stereocenters. The Balaban J connectivity index is 1.75. The lowest BCUT2D eigenvalue weighted by Crippen LogP contribution is -2.39. The van der Waals surface area contributed by atoms with Crippen molar-refractivity contribution in [1.29, 1.82) is 0 Å². The van der Waals surface area contributed by atoms with Crippen LogP contribution in [0.15, 0.2) is 70.3 Å². The van der Waals surface area contributed by atoms with E-state index in [1.807, 2.05) is 42.5 Å². The molecule has 13 heteroatoms. The van der Waals surface area contributed by atoms with Crippen LogP contribution in [0.4, 0.5) is 10.6 Å². The smallest absolute Gasteiger partial charge is 0.413 e. The topological polar surface area (TPSA) is 122 Å². The number of anilines is 1. The zero-order valence-corrected chi connectivity index (χ0v) is 26.2. The van der Waals surface area contributed by atoms with Crippen LogP contribution in [0.1, 0.15) is 31.9 Å². The number of rotatable bonds is 7. The highest BCUT2D eigenvalue weighted by molar-refractivity contribution is 6.43. The van der Waals surface area contributed by atoms with Gasteiger partial charge in [-0.1, -0.05) is 65.7 Å². The van der Waals surface area contributed by atoms with Crippen LogP contribution in [0.25, 0.3) is 22.3 Å². The van der Waals surface area contributed by atoms with E-state index in [0.717, 1.165) is 15.7 Å². The Morgan fingerprint density at radius 2 is 1.64 bits per heavy atom. The number of ether oxygens (including phenoxy) is 2. The standard InChI is InChI=1S/C31H30Cl2N6O5/c1-31(2,3)44-29(41)35-22-15-21(24(32)26(33)34-22)25-23-27(39(36-25)17-18-9-7-6-8-10-18)38(30(42)37(4)28(23)40)16-19-11-13-20(43-5)14-12-19/h6-15H,16-17H2,1-5H3,(H,34,35,41). The summed E-state index contributed by atoms with van der Waals surface area (Å²) in [6.07, 6.45) is -0.752. The summed E-state index contributed by atoms with van der Waals surface area (Å²) in [6, 6.07) is 18.2. The Morgan fingerprint density at radius 3 is 2.27 bits per heavy atom. The van der Waals surface area contributed by atoms with Crippen LogP contribution >= 0.6 is 23.2 Å². The van der Waals surface area contributed by atoms with E-state index in [-0.39, 0.29) is 45.7 Å². The second-order valence-electron chi connectivity index (χ2n) is 11.1. The first-order chi connectivity index (χ1) is 20.9. The van der Waals surface area contributed by atoms with Gasteiger partial charge in [0.2, 0.25) is 0 Å². The van der Waals surface area contributed by atoms with Crippen molar-refractivity contribution in [3.05, 3.63) is 103 Å². The number of carbonyl (C=O) groups excluding carboxylic acids is 1. The molecule has 44 heavy (non-hydrogen) atoms. The minimum absolute atomic E-state index is 0.0163. The van der Waals surface area contributed by atoms with E-state index in [9.17, 15) is 14.4 Å². The number of hydrogen-bond acceptors (Lipinski definition) is 7. The quantitative estimate of drug-likeness (QED) is 0.227. The molecule has 1 N–H and O–H groups in total. The number of benzene rings is 2. The predicted molar refractivity (Wildman–Crippen MR) is 170 cm³/mol. The average molecular weight is 638 g/mol. The Kier molecular flexibility index (Phi) is 8.53. The Hall–Kier alpha value is -4.61. The highest BCUT2D eigenvalue weighted by atomic mass is 35.5. The molecular weight excluding hydrogens is 607 g/mol. The van der Waals surface area contributed by atoms with Crippen LogP contribution in [0.2, 0.25) is 10.2 Å². The van der Waals surface area contributed by atoms with Gasteiger partial charge < -0.3 is 9.47 Å². The largest absolute Gasteiger partial charge is 0.497 e. The molecule has 5 aromatic rings. The summed E-state index contributed by atoms with van der Waals surface area (Å²) in [7, 11) is 2.98. The summed E-state index contributed by atoms with van der Waals surface area (Å²) < 4.78 is 14.7. The fraction of sp³-hybridized carbons (Fsp3) is 0.258. The van der Waals surface area contributed by atoms with Gasteiger partial charge in [-0.2, -0.15) is 5.10 Å². The van der Waals surface area contributed by atoms with E-state index in [4.69, 9.17) is 37.8 Å². The van der Waals surface area contributed by atoms with Crippen LogP contribution in [0.3, 0.4) is 0 Å². The molecule has 228 valence electrons. The van der Waals surface area contributed by atoms with Crippen LogP contribution in [0, 0.1) is 0 Å². The van der Waals surface area contributed by atoms with E-state index < -0.39 is 22.9 Å². The van der Waals surface area contributed by atoms with Gasteiger partial charge in [0.1, 0.15) is 33.9 Å². The van der Waals surface area contributed by atoms with Gasteiger partial charge >= 0.3 is 11.8 Å². The number of fused-ring (bicyclic) bond motifs is 1. The lowest BCUT2D eigenvalue weighted by Gasteiger charge is -2.19. The molecule has 0 bridgehead atoms. The molecule has 0 aliphatic heterocycles. The van der Waals surface area contributed by atoms with Crippen molar-refractivity contribution in [2.75, 3.05) is 12.4 Å². The number of amides is 1. The minimum atomic E-state index is -0.755. The van der Waals surface area contributed by atoms with Gasteiger partial charge in [-0.15, -0.1) is 0 Å². The first kappa shape index (κ1) is 30.8. The fourth-order valence-electron chi connectivity index (χ4n) is 4.70. The molecule has 0 fully saturated rings. The molecule has 0 saturated heterocycles. The normalized spacial score (nSPS) is 11.5. The molecule has 3 aromatic heterocycles. The van der Waals surface area contributed by atoms with E-state index in [1.54, 1.807) is 44.7 Å². The molecule has 0 aliphatic carbocycles. The number of carbonyl (C=O) groups is 1. The third kappa shape index (κ3) is 6.34. The van der Waals surface area contributed by atoms with Crippen molar-refractivity contribution in [3.8, 4) is 17.0 Å². The molecule has 5 rings (SSSR count). The van der Waals surface area contributed by atoms with Crippen molar-refractivity contribution < 1.29 is 14.3 Å². The van der Waals surface area contributed by atoms with Gasteiger partial charge in [-0.25, -0.2) is 19.3 Å². The number of pyridine rings is 1. The molecule has 1 amide bonds. The van der Waals surface area contributed by atoms with Gasteiger partial charge in [0.25, 0.3) is 5.56 Å². The van der Waals surface area contributed by atoms with Crippen LogP contribution in [0.5, 0.6) is 5.75 Å². The third-order valence-corrected chi connectivity index (χ3v) is 7.45. The lowest BCUT2D eigenvalue weighted by atomic mass is 10.1. The number of aromatic nitrogens is 5. The van der Waals surface area contributed by atoms with Crippen molar-refractivity contribution in [1.82, 2.24) is 23.9 Å². The highest BCUT2D eigenvalue weighted by Gasteiger charge is 2.26. The molecule has 3 heterocycles. The van der Waals surface area contributed by atoms with Gasteiger partial charge in [0.05, 0.1) is 25.2 Å². The van der Waals surface area contributed by atoms with Crippen LogP contribution in [-0.4, -0.2) is 42.7 Å². The van der Waals surface area contributed by atoms with Gasteiger partial charge in [-0.3, -0.25) is 19.2 Å². The maximum atomic E-state index is 13.8. The molecule has 0 unspecified atom stereocenters. The van der Waals surface area contributed by atoms with E-state index in [1.165, 1.54) is 17.7 Å². The molecule has 0 spiro atoms. The van der Waals surface area contributed by atoms with Gasteiger partial charge in [-0.05, 0) is 50.1 Å². The molecule has 0 radical (unpaired) electrons. The SMILES string of the molecule is COc1ccc(Cn2c(=O)n(C)c(=O)c3c(-c4cc(NC(=O)OC(C)(C)C)nc(Cl)c4Cl)nn(Cc4ccccc4)c32)cc1. The van der Waals surface area contributed by atoms with E-state index in [0.29, 0.717) is 11.4 Å². The van der Waals surface area contributed by atoms with E-state index in [2.05, 4.69) is 10.3 Å². The minimum Gasteiger partial charge on any atom is -0.497 e. The zero-order valence-electron chi connectivity index (χ0n) is 24.7. The second kappa shape index (κ2) is 12.2. The van der Waals surface area contributed by atoms with Crippen molar-refractivity contribution >= 4 is 46.1 Å². The summed E-state index contributed by atoms with van der Waals surface area (Å²) in [4.78, 5) is 44.1. The third-order valence-electron chi connectivity index (χ3n) is 6.69. The van der Waals surface area contributed by atoms with Gasteiger partial charge in [0.15, 0.2) is 5.15 Å². The molecule has 0 aliphatic rings. The zero-order chi connectivity index (χ0) is 31.8. The summed E-state index contributed by atoms with van der Waals surface area (Å²) in [5, 5.41) is 7.42. The summed E-state index contributed by atoms with van der Waals surface area (Å²) in [5.41, 5.74) is 0.534. The predicted octanol–water partition coefficient (Wildman–Crippen LogP) is 5.72. The fourth-order valence-corrected chi connectivity index (χ4v) is 5.08. The number of halogens is 2. The Labute approximate surface area is 262 Å². The Bertz CT molecular complexity index is 1980. The average Bonchev–Trinajstić information content (AvgIpc) is 3.34. The number of hydrogen-bond donors (Lipinski definition) is 1. The van der Waals surface area contributed by atoms with Gasteiger partial charge in [0, 0.05) is 12.6 Å². The van der Waals surface area contributed by atoms with Crippen molar-refractivity contribution in [2.24, 2.45) is 7.05 Å². The first-order valence-corrected chi connectivity index (χ1v) is 14.4. The number of methoxy groups -OCH3 is 1. The first-order valence-electron chi connectivity index (χ1n) is 13.6. The molecule has 0 saturated carbocycles. The maximum absolute atomic E-state index is 13.8. The number of nitrogens with zero attached hydrogens (tertiary/aromatic N) is 5. The van der Waals surface area contributed by atoms with Crippen LogP contribution in [-0.2, 0) is 24.9 Å². The van der Waals surface area contributed by atoms with E-state index >= 15 is 0 Å². The van der Waals surface area contributed by atoms with Crippen molar-refractivity contribution in [2.45, 2.75) is 39.5 Å².